The van der Waals surface area contributed by atoms with Crippen molar-refractivity contribution in [1.29, 1.82) is 0 Å². The van der Waals surface area contributed by atoms with Crippen LogP contribution in [0.25, 0.3) is 0 Å². The smallest absolute Gasteiger partial charge is 0.308 e. The van der Waals surface area contributed by atoms with Gasteiger partial charge in [0.05, 0.1) is 5.92 Å². The van der Waals surface area contributed by atoms with E-state index in [9.17, 15) is 9.59 Å². The van der Waals surface area contributed by atoms with Crippen LogP contribution in [0.4, 0.5) is 0 Å². The number of hydrogen-bond donors (Lipinski definition) is 1. The van der Waals surface area contributed by atoms with E-state index in [0.717, 1.165) is 0 Å². The summed E-state index contributed by atoms with van der Waals surface area (Å²) in [6.45, 7) is 1.72. The van der Waals surface area contributed by atoms with Crippen LogP contribution in [-0.4, -0.2) is 48.2 Å². The maximum atomic E-state index is 12.3. The molecule has 1 fully saturated rings. The zero-order valence-electron chi connectivity index (χ0n) is 10.9. The predicted molar refractivity (Wildman–Crippen MR) is 69.1 cm³/mol. The number of carboxylic acids is 1. The fourth-order valence-electron chi connectivity index (χ4n) is 2.51. The third kappa shape index (κ3) is 2.29. The summed E-state index contributed by atoms with van der Waals surface area (Å²) in [6, 6.07) is 5.06. The first-order valence-corrected chi connectivity index (χ1v) is 6.57. The molecule has 0 aliphatic carbocycles. The van der Waals surface area contributed by atoms with Gasteiger partial charge in [0.2, 0.25) is 0 Å². The van der Waals surface area contributed by atoms with Crippen molar-refractivity contribution in [2.45, 2.75) is 6.42 Å². The molecule has 6 heteroatoms. The van der Waals surface area contributed by atoms with Gasteiger partial charge in [0.15, 0.2) is 11.5 Å². The molecule has 0 saturated carbocycles. The summed E-state index contributed by atoms with van der Waals surface area (Å²) < 4.78 is 10.9. The lowest BCUT2D eigenvalue weighted by atomic mass is 10.1. The monoisotopic (exact) mass is 277 g/mol. The van der Waals surface area contributed by atoms with E-state index < -0.39 is 11.9 Å². The fourth-order valence-corrected chi connectivity index (χ4v) is 2.51. The molecule has 6 nitrogen and oxygen atoms in total. The van der Waals surface area contributed by atoms with Crippen molar-refractivity contribution >= 4 is 11.9 Å². The van der Waals surface area contributed by atoms with E-state index in [-0.39, 0.29) is 12.5 Å². The van der Waals surface area contributed by atoms with Crippen molar-refractivity contribution in [3.05, 3.63) is 23.8 Å². The van der Waals surface area contributed by atoms with Gasteiger partial charge < -0.3 is 19.5 Å². The van der Waals surface area contributed by atoms with Gasteiger partial charge in [-0.3, -0.25) is 9.59 Å². The molecule has 3 rings (SSSR count). The first-order valence-electron chi connectivity index (χ1n) is 6.57. The van der Waals surface area contributed by atoms with E-state index in [2.05, 4.69) is 0 Å². The molecule has 1 unspecified atom stereocenters. The van der Waals surface area contributed by atoms with E-state index in [1.165, 1.54) is 0 Å². The second kappa shape index (κ2) is 5.03. The summed E-state index contributed by atoms with van der Waals surface area (Å²) in [4.78, 5) is 24.8. The normalized spacial score (nSPS) is 20.8. The summed E-state index contributed by atoms with van der Waals surface area (Å²) in [5.41, 5.74) is 0.500. The van der Waals surface area contributed by atoms with Crippen molar-refractivity contribution in [3.63, 3.8) is 0 Å². The van der Waals surface area contributed by atoms with Crippen LogP contribution < -0.4 is 9.47 Å². The molecule has 2 aliphatic rings. The molecule has 20 heavy (non-hydrogen) atoms. The van der Waals surface area contributed by atoms with Crippen LogP contribution in [0.3, 0.4) is 0 Å². The van der Waals surface area contributed by atoms with Crippen LogP contribution in [-0.2, 0) is 4.79 Å². The van der Waals surface area contributed by atoms with Gasteiger partial charge in [-0.1, -0.05) is 0 Å². The summed E-state index contributed by atoms with van der Waals surface area (Å²) >= 11 is 0. The molecule has 1 amide bonds. The third-order valence-electron chi connectivity index (χ3n) is 3.61. The number of carbonyl (C=O) groups is 2. The number of amides is 1. The molecule has 0 radical (unpaired) electrons. The molecule has 0 spiro atoms. The fraction of sp³-hybridized carbons (Fsp3) is 0.429. The minimum absolute atomic E-state index is 0.161. The van der Waals surface area contributed by atoms with Gasteiger partial charge in [0.1, 0.15) is 13.2 Å². The van der Waals surface area contributed by atoms with E-state index in [4.69, 9.17) is 14.6 Å². The van der Waals surface area contributed by atoms with Crippen LogP contribution in [0.5, 0.6) is 11.5 Å². The molecular weight excluding hydrogens is 262 g/mol. The molecule has 1 aromatic carbocycles. The average Bonchev–Trinajstić information content (AvgIpc) is 2.96. The lowest BCUT2D eigenvalue weighted by Gasteiger charge is -2.20. The highest BCUT2D eigenvalue weighted by Gasteiger charge is 2.31. The summed E-state index contributed by atoms with van der Waals surface area (Å²) in [5.74, 6) is -0.266. The van der Waals surface area contributed by atoms with Crippen molar-refractivity contribution in [1.82, 2.24) is 4.90 Å². The third-order valence-corrected chi connectivity index (χ3v) is 3.61. The number of ether oxygens (including phenoxy) is 2. The number of nitrogens with zero attached hydrogens (tertiary/aromatic N) is 1. The van der Waals surface area contributed by atoms with Crippen molar-refractivity contribution in [2.75, 3.05) is 26.3 Å². The Morgan fingerprint density at radius 2 is 1.95 bits per heavy atom. The summed E-state index contributed by atoms with van der Waals surface area (Å²) in [7, 11) is 0. The minimum Gasteiger partial charge on any atom is -0.486 e. The number of carbonyl (C=O) groups excluding carboxylic acids is 1. The summed E-state index contributed by atoms with van der Waals surface area (Å²) in [6.07, 6.45) is 0.506. The van der Waals surface area contributed by atoms with E-state index in [1.54, 1.807) is 23.1 Å². The minimum atomic E-state index is -0.845. The molecule has 2 aliphatic heterocycles. The first-order chi connectivity index (χ1) is 9.65. The van der Waals surface area contributed by atoms with Crippen molar-refractivity contribution < 1.29 is 24.2 Å². The Bertz CT molecular complexity index is 556. The van der Waals surface area contributed by atoms with Crippen LogP contribution in [0.1, 0.15) is 16.8 Å². The van der Waals surface area contributed by atoms with Gasteiger partial charge in [0.25, 0.3) is 5.91 Å². The van der Waals surface area contributed by atoms with Crippen LogP contribution in [0, 0.1) is 5.92 Å². The molecule has 2 heterocycles. The molecule has 1 N–H and O–H groups in total. The number of benzene rings is 1. The lowest BCUT2D eigenvalue weighted by molar-refractivity contribution is -0.141. The standard InChI is InChI=1S/C14H15NO5/c16-13(15-4-3-10(8-15)14(17)18)9-1-2-11-12(7-9)20-6-5-19-11/h1-2,7,10H,3-6,8H2,(H,17,18). The highest BCUT2D eigenvalue weighted by Crippen LogP contribution is 2.31. The molecule has 0 aromatic heterocycles. The first kappa shape index (κ1) is 12.8. The Hall–Kier alpha value is -2.24. The molecule has 106 valence electrons. The Kier molecular flexibility index (Phi) is 3.22. The molecule has 0 bridgehead atoms. The number of aliphatic carboxylic acids is 1. The topological polar surface area (TPSA) is 76.1 Å². The zero-order valence-corrected chi connectivity index (χ0v) is 10.9. The van der Waals surface area contributed by atoms with E-state index >= 15 is 0 Å². The van der Waals surface area contributed by atoms with Gasteiger partial charge >= 0.3 is 5.97 Å². The average molecular weight is 277 g/mol. The second-order valence-electron chi connectivity index (χ2n) is 4.93. The van der Waals surface area contributed by atoms with Crippen LogP contribution in [0.15, 0.2) is 18.2 Å². The largest absolute Gasteiger partial charge is 0.486 e. The van der Waals surface area contributed by atoms with Gasteiger partial charge in [-0.2, -0.15) is 0 Å². The van der Waals surface area contributed by atoms with Crippen LogP contribution >= 0.6 is 0 Å². The van der Waals surface area contributed by atoms with Gasteiger partial charge in [0, 0.05) is 18.7 Å². The molecule has 1 atom stereocenters. The van der Waals surface area contributed by atoms with E-state index in [0.29, 0.717) is 43.2 Å². The van der Waals surface area contributed by atoms with Crippen molar-refractivity contribution in [3.8, 4) is 11.5 Å². The van der Waals surface area contributed by atoms with E-state index in [1.807, 2.05) is 0 Å². The molecular formula is C14H15NO5. The maximum Gasteiger partial charge on any atom is 0.308 e. The summed E-state index contributed by atoms with van der Waals surface area (Å²) in [5, 5.41) is 8.97. The number of hydrogen-bond acceptors (Lipinski definition) is 4. The molecule has 1 saturated heterocycles. The number of carboxylic acid groups (broad SMARTS) is 1. The number of rotatable bonds is 2. The highest BCUT2D eigenvalue weighted by molar-refractivity contribution is 5.95. The Labute approximate surface area is 115 Å². The van der Waals surface area contributed by atoms with Crippen LogP contribution in [0.2, 0.25) is 0 Å². The lowest BCUT2D eigenvalue weighted by Crippen LogP contribution is -2.30. The highest BCUT2D eigenvalue weighted by atomic mass is 16.6. The molecule has 1 aromatic rings. The van der Waals surface area contributed by atoms with Gasteiger partial charge in [-0.25, -0.2) is 0 Å². The SMILES string of the molecule is O=C(O)C1CCN(C(=O)c2ccc3c(c2)OCCO3)C1. The Balaban J connectivity index is 1.76. The quantitative estimate of drug-likeness (QED) is 0.873. The maximum absolute atomic E-state index is 12.3. The van der Waals surface area contributed by atoms with Crippen molar-refractivity contribution in [2.24, 2.45) is 5.92 Å². The number of fused-ring (bicyclic) bond motifs is 1. The van der Waals surface area contributed by atoms with Gasteiger partial charge in [-0.15, -0.1) is 0 Å². The Morgan fingerprint density at radius 3 is 2.65 bits per heavy atom. The van der Waals surface area contributed by atoms with Gasteiger partial charge in [-0.05, 0) is 24.6 Å². The zero-order chi connectivity index (χ0) is 14.1. The second-order valence-corrected chi connectivity index (χ2v) is 4.93. The number of likely N-dealkylation sites (tertiary alicyclic amines) is 1. The predicted octanol–water partition coefficient (Wildman–Crippen LogP) is 1.00. The Morgan fingerprint density at radius 1 is 1.20 bits per heavy atom.